The SMILES string of the molecule is Cc1cc(-c2cc(C(=O)O)c(C)cc2C)ccc1F. The Hall–Kier alpha value is -2.16. The van der Waals surface area contributed by atoms with Gasteiger partial charge in [0.25, 0.3) is 0 Å². The minimum atomic E-state index is -0.947. The lowest BCUT2D eigenvalue weighted by Gasteiger charge is -2.11. The van der Waals surface area contributed by atoms with Crippen molar-refractivity contribution in [2.24, 2.45) is 0 Å². The Kier molecular flexibility index (Phi) is 3.38. The lowest BCUT2D eigenvalue weighted by atomic mass is 9.94. The van der Waals surface area contributed by atoms with Crippen LogP contribution in [0.2, 0.25) is 0 Å². The van der Waals surface area contributed by atoms with Crippen molar-refractivity contribution < 1.29 is 14.3 Å². The zero-order chi connectivity index (χ0) is 14.2. The molecule has 0 atom stereocenters. The summed E-state index contributed by atoms with van der Waals surface area (Å²) >= 11 is 0. The first-order chi connectivity index (χ1) is 8.90. The third-order valence-corrected chi connectivity index (χ3v) is 3.27. The van der Waals surface area contributed by atoms with Gasteiger partial charge in [-0.3, -0.25) is 0 Å². The van der Waals surface area contributed by atoms with Crippen LogP contribution >= 0.6 is 0 Å². The molecule has 0 amide bonds. The maximum absolute atomic E-state index is 13.3. The zero-order valence-corrected chi connectivity index (χ0v) is 11.1. The summed E-state index contributed by atoms with van der Waals surface area (Å²) in [6, 6.07) is 8.31. The molecule has 0 saturated carbocycles. The number of aryl methyl sites for hydroxylation is 3. The smallest absolute Gasteiger partial charge is 0.335 e. The summed E-state index contributed by atoms with van der Waals surface area (Å²) < 4.78 is 13.3. The molecule has 1 N–H and O–H groups in total. The minimum Gasteiger partial charge on any atom is -0.478 e. The van der Waals surface area contributed by atoms with Crippen LogP contribution in [0, 0.1) is 26.6 Å². The molecule has 2 aromatic rings. The molecule has 0 aliphatic rings. The maximum Gasteiger partial charge on any atom is 0.335 e. The summed E-state index contributed by atoms with van der Waals surface area (Å²) in [5.74, 6) is -1.20. The Balaban J connectivity index is 2.64. The summed E-state index contributed by atoms with van der Waals surface area (Å²) in [6.07, 6.45) is 0. The van der Waals surface area contributed by atoms with Gasteiger partial charge in [0, 0.05) is 0 Å². The summed E-state index contributed by atoms with van der Waals surface area (Å²) in [5.41, 5.74) is 4.20. The largest absolute Gasteiger partial charge is 0.478 e. The van der Waals surface area contributed by atoms with Gasteiger partial charge in [-0.2, -0.15) is 0 Å². The van der Waals surface area contributed by atoms with E-state index in [0.29, 0.717) is 5.56 Å². The predicted molar refractivity (Wildman–Crippen MR) is 73.0 cm³/mol. The molecule has 0 bridgehead atoms. The Bertz CT molecular complexity index is 660. The quantitative estimate of drug-likeness (QED) is 0.879. The van der Waals surface area contributed by atoms with Gasteiger partial charge in [0.05, 0.1) is 5.56 Å². The van der Waals surface area contributed by atoms with Crippen LogP contribution in [0.15, 0.2) is 30.3 Å². The van der Waals surface area contributed by atoms with Crippen molar-refractivity contribution in [2.45, 2.75) is 20.8 Å². The van der Waals surface area contributed by atoms with Crippen LogP contribution in [0.3, 0.4) is 0 Å². The van der Waals surface area contributed by atoms with Gasteiger partial charge in [-0.05, 0) is 66.8 Å². The van der Waals surface area contributed by atoms with E-state index in [0.717, 1.165) is 22.3 Å². The van der Waals surface area contributed by atoms with Crippen molar-refractivity contribution in [3.8, 4) is 11.1 Å². The third kappa shape index (κ3) is 2.50. The number of carboxylic acids is 1. The second kappa shape index (κ2) is 4.84. The highest BCUT2D eigenvalue weighted by atomic mass is 19.1. The Labute approximate surface area is 111 Å². The topological polar surface area (TPSA) is 37.3 Å². The predicted octanol–water partition coefficient (Wildman–Crippen LogP) is 4.12. The number of aromatic carboxylic acids is 1. The van der Waals surface area contributed by atoms with Gasteiger partial charge in [0.15, 0.2) is 0 Å². The van der Waals surface area contributed by atoms with Crippen molar-refractivity contribution in [3.05, 3.63) is 58.4 Å². The maximum atomic E-state index is 13.3. The summed E-state index contributed by atoms with van der Waals surface area (Å²) in [6.45, 7) is 5.39. The molecule has 98 valence electrons. The molecule has 0 unspecified atom stereocenters. The second-order valence-corrected chi connectivity index (χ2v) is 4.75. The summed E-state index contributed by atoms with van der Waals surface area (Å²) in [5, 5.41) is 9.17. The van der Waals surface area contributed by atoms with E-state index >= 15 is 0 Å². The number of hydrogen-bond donors (Lipinski definition) is 1. The lowest BCUT2D eigenvalue weighted by Crippen LogP contribution is -2.01. The van der Waals surface area contributed by atoms with Crippen LogP contribution in [0.1, 0.15) is 27.0 Å². The van der Waals surface area contributed by atoms with Gasteiger partial charge < -0.3 is 5.11 Å². The fourth-order valence-electron chi connectivity index (χ4n) is 2.21. The number of halogens is 1. The highest BCUT2D eigenvalue weighted by molar-refractivity contribution is 5.91. The van der Waals surface area contributed by atoms with Crippen LogP contribution in [-0.2, 0) is 0 Å². The van der Waals surface area contributed by atoms with Crippen LogP contribution in [0.5, 0.6) is 0 Å². The van der Waals surface area contributed by atoms with Crippen LogP contribution < -0.4 is 0 Å². The van der Waals surface area contributed by atoms with E-state index in [-0.39, 0.29) is 11.4 Å². The highest BCUT2D eigenvalue weighted by Crippen LogP contribution is 2.28. The van der Waals surface area contributed by atoms with E-state index in [1.807, 2.05) is 13.0 Å². The average Bonchev–Trinajstić information content (AvgIpc) is 2.32. The average molecular weight is 258 g/mol. The van der Waals surface area contributed by atoms with E-state index < -0.39 is 5.97 Å². The third-order valence-electron chi connectivity index (χ3n) is 3.27. The van der Waals surface area contributed by atoms with Crippen molar-refractivity contribution in [2.75, 3.05) is 0 Å². The van der Waals surface area contributed by atoms with Gasteiger partial charge >= 0.3 is 5.97 Å². The second-order valence-electron chi connectivity index (χ2n) is 4.75. The van der Waals surface area contributed by atoms with Crippen molar-refractivity contribution in [3.63, 3.8) is 0 Å². The fourth-order valence-corrected chi connectivity index (χ4v) is 2.21. The van der Waals surface area contributed by atoms with E-state index in [1.165, 1.54) is 6.07 Å². The molecule has 2 nitrogen and oxygen atoms in total. The van der Waals surface area contributed by atoms with E-state index in [1.54, 1.807) is 32.0 Å². The van der Waals surface area contributed by atoms with Gasteiger partial charge in [-0.1, -0.05) is 12.1 Å². The first-order valence-corrected chi connectivity index (χ1v) is 6.01. The normalized spacial score (nSPS) is 10.5. The van der Waals surface area contributed by atoms with Crippen molar-refractivity contribution in [1.82, 2.24) is 0 Å². The molecular formula is C16H15FO2. The summed E-state index contributed by atoms with van der Waals surface area (Å²) in [4.78, 5) is 11.2. The number of benzene rings is 2. The molecule has 3 heteroatoms. The fraction of sp³-hybridized carbons (Fsp3) is 0.188. The molecule has 0 fully saturated rings. The molecule has 0 saturated heterocycles. The van der Waals surface area contributed by atoms with Crippen molar-refractivity contribution in [1.29, 1.82) is 0 Å². The van der Waals surface area contributed by atoms with Gasteiger partial charge in [0.2, 0.25) is 0 Å². The molecule has 2 aromatic carbocycles. The monoisotopic (exact) mass is 258 g/mol. The van der Waals surface area contributed by atoms with Crippen LogP contribution in [0.4, 0.5) is 4.39 Å². The van der Waals surface area contributed by atoms with E-state index in [4.69, 9.17) is 5.11 Å². The zero-order valence-electron chi connectivity index (χ0n) is 11.1. The summed E-state index contributed by atoms with van der Waals surface area (Å²) in [7, 11) is 0. The number of rotatable bonds is 2. The van der Waals surface area contributed by atoms with Gasteiger partial charge in [-0.15, -0.1) is 0 Å². The first-order valence-electron chi connectivity index (χ1n) is 6.01. The molecule has 2 rings (SSSR count). The van der Waals surface area contributed by atoms with Crippen molar-refractivity contribution >= 4 is 5.97 Å². The minimum absolute atomic E-state index is 0.257. The number of carboxylic acid groups (broad SMARTS) is 1. The first kappa shape index (κ1) is 13.3. The Morgan fingerprint density at radius 2 is 1.68 bits per heavy atom. The van der Waals surface area contributed by atoms with Crippen LogP contribution in [-0.4, -0.2) is 11.1 Å². The lowest BCUT2D eigenvalue weighted by molar-refractivity contribution is 0.0696. The molecule has 0 aliphatic heterocycles. The Morgan fingerprint density at radius 3 is 2.26 bits per heavy atom. The molecule has 0 aliphatic carbocycles. The number of carbonyl (C=O) groups is 1. The molecule has 0 spiro atoms. The molecule has 0 heterocycles. The van der Waals surface area contributed by atoms with Gasteiger partial charge in [0.1, 0.15) is 5.82 Å². The Morgan fingerprint density at radius 1 is 1.00 bits per heavy atom. The molecular weight excluding hydrogens is 243 g/mol. The number of hydrogen-bond acceptors (Lipinski definition) is 1. The van der Waals surface area contributed by atoms with Crippen LogP contribution in [0.25, 0.3) is 11.1 Å². The molecule has 0 radical (unpaired) electrons. The molecule has 0 aromatic heterocycles. The van der Waals surface area contributed by atoms with E-state index in [9.17, 15) is 9.18 Å². The standard InChI is InChI=1S/C16H15FO2/c1-9-6-10(2)14(16(18)19)8-13(9)12-4-5-15(17)11(3)7-12/h4-8H,1-3H3,(H,18,19). The van der Waals surface area contributed by atoms with E-state index in [2.05, 4.69) is 0 Å². The molecule has 19 heavy (non-hydrogen) atoms. The van der Waals surface area contributed by atoms with Gasteiger partial charge in [-0.25, -0.2) is 9.18 Å². The highest BCUT2D eigenvalue weighted by Gasteiger charge is 2.12.